The van der Waals surface area contributed by atoms with Gasteiger partial charge in [0.25, 0.3) is 0 Å². The minimum Gasteiger partial charge on any atom is -0.481 e. The van der Waals surface area contributed by atoms with Gasteiger partial charge < -0.3 is 5.11 Å². The molecule has 0 aromatic heterocycles. The van der Waals surface area contributed by atoms with Gasteiger partial charge in [0.1, 0.15) is 0 Å². The Balaban J connectivity index is 1.90. The molecule has 0 unspecified atom stereocenters. The molecule has 2 rings (SSSR count). The summed E-state index contributed by atoms with van der Waals surface area (Å²) in [5, 5.41) is 8.95. The van der Waals surface area contributed by atoms with E-state index in [1.807, 2.05) is 13.0 Å². The Labute approximate surface area is 125 Å². The number of carbonyl (C=O) groups is 1. The van der Waals surface area contributed by atoms with Crippen LogP contribution in [0.3, 0.4) is 0 Å². The van der Waals surface area contributed by atoms with Crippen molar-refractivity contribution in [2.45, 2.75) is 37.5 Å². The molecular formula is C15H21NO4S. The normalized spacial score (nSPS) is 22.9. The molecule has 116 valence electrons. The molecule has 0 spiro atoms. The lowest BCUT2D eigenvalue weighted by Crippen LogP contribution is -2.32. The zero-order chi connectivity index (χ0) is 15.5. The minimum atomic E-state index is -3.48. The largest absolute Gasteiger partial charge is 0.481 e. The third-order valence-corrected chi connectivity index (χ3v) is 5.48. The Morgan fingerprint density at radius 2 is 1.95 bits per heavy atom. The van der Waals surface area contributed by atoms with E-state index in [4.69, 9.17) is 5.11 Å². The Kier molecular flexibility index (Phi) is 5.00. The molecule has 1 fully saturated rings. The van der Waals surface area contributed by atoms with Crippen molar-refractivity contribution < 1.29 is 18.3 Å². The maximum atomic E-state index is 12.2. The van der Waals surface area contributed by atoms with Gasteiger partial charge in [0.15, 0.2) is 0 Å². The number of hydrogen-bond donors (Lipinski definition) is 2. The fourth-order valence-electron chi connectivity index (χ4n) is 2.71. The molecule has 0 saturated heterocycles. The SMILES string of the molecule is Cc1cccc(S(=O)(=O)NCC2CCC(C(=O)O)CC2)c1. The molecule has 5 nitrogen and oxygen atoms in total. The molecule has 21 heavy (non-hydrogen) atoms. The monoisotopic (exact) mass is 311 g/mol. The standard InChI is InChI=1S/C15H21NO4S/c1-11-3-2-4-14(9-11)21(19,20)16-10-12-5-7-13(8-6-12)15(17)18/h2-4,9,12-13,16H,5-8,10H2,1H3,(H,17,18). The molecule has 0 aliphatic heterocycles. The van der Waals surface area contributed by atoms with Gasteiger partial charge in [-0.1, -0.05) is 12.1 Å². The van der Waals surface area contributed by atoms with Crippen LogP contribution < -0.4 is 4.72 Å². The summed E-state index contributed by atoms with van der Waals surface area (Å²) in [6.45, 7) is 2.23. The second-order valence-electron chi connectivity index (χ2n) is 5.72. The van der Waals surface area contributed by atoms with Crippen molar-refractivity contribution in [3.8, 4) is 0 Å². The Morgan fingerprint density at radius 3 is 2.52 bits per heavy atom. The molecule has 2 N–H and O–H groups in total. The Morgan fingerprint density at radius 1 is 1.29 bits per heavy atom. The molecule has 1 aromatic carbocycles. The lowest BCUT2D eigenvalue weighted by molar-refractivity contribution is -0.143. The predicted octanol–water partition coefficient (Wildman–Crippen LogP) is 2.16. The summed E-state index contributed by atoms with van der Waals surface area (Å²) in [5.74, 6) is -0.788. The van der Waals surface area contributed by atoms with E-state index in [0.29, 0.717) is 19.4 Å². The summed E-state index contributed by atoms with van der Waals surface area (Å²) in [5.41, 5.74) is 0.903. The lowest BCUT2D eigenvalue weighted by atomic mass is 9.82. The van der Waals surface area contributed by atoms with Crippen LogP contribution in [0, 0.1) is 18.8 Å². The smallest absolute Gasteiger partial charge is 0.306 e. The maximum absolute atomic E-state index is 12.2. The van der Waals surface area contributed by atoms with E-state index in [9.17, 15) is 13.2 Å². The fraction of sp³-hybridized carbons (Fsp3) is 0.533. The highest BCUT2D eigenvalue weighted by molar-refractivity contribution is 7.89. The van der Waals surface area contributed by atoms with Crippen molar-refractivity contribution in [1.82, 2.24) is 4.72 Å². The first-order valence-corrected chi connectivity index (χ1v) is 8.66. The molecule has 0 radical (unpaired) electrons. The van der Waals surface area contributed by atoms with Gasteiger partial charge in [0.2, 0.25) is 10.0 Å². The van der Waals surface area contributed by atoms with Crippen LogP contribution in [-0.4, -0.2) is 26.0 Å². The highest BCUT2D eigenvalue weighted by Crippen LogP contribution is 2.28. The summed E-state index contributed by atoms with van der Waals surface area (Å²) >= 11 is 0. The highest BCUT2D eigenvalue weighted by Gasteiger charge is 2.26. The molecule has 0 bridgehead atoms. The molecule has 0 amide bonds. The van der Waals surface area contributed by atoms with Crippen LogP contribution in [0.2, 0.25) is 0 Å². The van der Waals surface area contributed by atoms with Crippen molar-refractivity contribution in [2.24, 2.45) is 11.8 Å². The van der Waals surface area contributed by atoms with E-state index in [2.05, 4.69) is 4.72 Å². The third-order valence-electron chi connectivity index (χ3n) is 4.06. The van der Waals surface area contributed by atoms with Crippen molar-refractivity contribution in [2.75, 3.05) is 6.54 Å². The van der Waals surface area contributed by atoms with E-state index < -0.39 is 16.0 Å². The summed E-state index contributed by atoms with van der Waals surface area (Å²) in [6.07, 6.45) is 2.78. The summed E-state index contributed by atoms with van der Waals surface area (Å²) in [6, 6.07) is 6.80. The molecule has 1 aromatic rings. The van der Waals surface area contributed by atoms with Gasteiger partial charge in [0, 0.05) is 6.54 Å². The molecular weight excluding hydrogens is 290 g/mol. The number of benzene rings is 1. The second kappa shape index (κ2) is 6.58. The number of nitrogens with one attached hydrogen (secondary N) is 1. The van der Waals surface area contributed by atoms with Crippen LogP contribution in [0.25, 0.3) is 0 Å². The topological polar surface area (TPSA) is 83.5 Å². The van der Waals surface area contributed by atoms with Gasteiger partial charge in [-0.2, -0.15) is 0 Å². The van der Waals surface area contributed by atoms with Crippen LogP contribution in [0.1, 0.15) is 31.2 Å². The third kappa shape index (κ3) is 4.28. The van der Waals surface area contributed by atoms with Crippen LogP contribution >= 0.6 is 0 Å². The average molecular weight is 311 g/mol. The van der Waals surface area contributed by atoms with E-state index in [1.54, 1.807) is 18.2 Å². The van der Waals surface area contributed by atoms with Gasteiger partial charge in [0.05, 0.1) is 10.8 Å². The zero-order valence-electron chi connectivity index (χ0n) is 12.1. The van der Waals surface area contributed by atoms with Gasteiger partial charge in [-0.3, -0.25) is 4.79 Å². The number of hydrogen-bond acceptors (Lipinski definition) is 3. The molecule has 1 saturated carbocycles. The van der Waals surface area contributed by atoms with Crippen LogP contribution in [-0.2, 0) is 14.8 Å². The van der Waals surface area contributed by atoms with Crippen molar-refractivity contribution in [3.63, 3.8) is 0 Å². The number of sulfonamides is 1. The molecule has 1 aliphatic rings. The Bertz CT molecular complexity index is 604. The van der Waals surface area contributed by atoms with E-state index in [1.165, 1.54) is 0 Å². The van der Waals surface area contributed by atoms with E-state index >= 15 is 0 Å². The molecule has 0 atom stereocenters. The van der Waals surface area contributed by atoms with Crippen LogP contribution in [0.5, 0.6) is 0 Å². The summed E-state index contributed by atoms with van der Waals surface area (Å²) < 4.78 is 27.0. The van der Waals surface area contributed by atoms with Gasteiger partial charge >= 0.3 is 5.97 Å². The van der Waals surface area contributed by atoms with Crippen molar-refractivity contribution in [1.29, 1.82) is 0 Å². The van der Waals surface area contributed by atoms with E-state index in [-0.39, 0.29) is 16.7 Å². The quantitative estimate of drug-likeness (QED) is 0.873. The predicted molar refractivity (Wildman–Crippen MR) is 79.5 cm³/mol. The lowest BCUT2D eigenvalue weighted by Gasteiger charge is -2.26. The zero-order valence-corrected chi connectivity index (χ0v) is 12.9. The van der Waals surface area contributed by atoms with Crippen LogP contribution in [0.4, 0.5) is 0 Å². The van der Waals surface area contributed by atoms with Gasteiger partial charge in [-0.25, -0.2) is 13.1 Å². The highest BCUT2D eigenvalue weighted by atomic mass is 32.2. The number of carboxylic acid groups (broad SMARTS) is 1. The second-order valence-corrected chi connectivity index (χ2v) is 7.49. The van der Waals surface area contributed by atoms with E-state index in [0.717, 1.165) is 18.4 Å². The van der Waals surface area contributed by atoms with Crippen molar-refractivity contribution in [3.05, 3.63) is 29.8 Å². The first-order valence-electron chi connectivity index (χ1n) is 7.17. The number of aryl methyl sites for hydroxylation is 1. The van der Waals surface area contributed by atoms with Crippen molar-refractivity contribution >= 4 is 16.0 Å². The average Bonchev–Trinajstić information content (AvgIpc) is 2.45. The molecule has 6 heteroatoms. The number of rotatable bonds is 5. The Hall–Kier alpha value is -1.40. The number of aliphatic carboxylic acids is 1. The van der Waals surface area contributed by atoms with Gasteiger partial charge in [-0.15, -0.1) is 0 Å². The number of carboxylic acids is 1. The summed E-state index contributed by atoms with van der Waals surface area (Å²) in [4.78, 5) is 11.2. The first-order chi connectivity index (χ1) is 9.88. The fourth-order valence-corrected chi connectivity index (χ4v) is 3.93. The minimum absolute atomic E-state index is 0.222. The summed E-state index contributed by atoms with van der Waals surface area (Å²) in [7, 11) is -3.48. The molecule has 0 heterocycles. The van der Waals surface area contributed by atoms with Gasteiger partial charge in [-0.05, 0) is 56.2 Å². The van der Waals surface area contributed by atoms with Crippen LogP contribution in [0.15, 0.2) is 29.2 Å². The first kappa shape index (κ1) is 16.0. The molecule has 1 aliphatic carbocycles. The maximum Gasteiger partial charge on any atom is 0.306 e.